The molecule has 0 aromatic carbocycles. The summed E-state index contributed by atoms with van der Waals surface area (Å²) >= 11 is 0. The molecule has 0 aliphatic heterocycles. The normalized spacial score (nSPS) is 12.7. The summed E-state index contributed by atoms with van der Waals surface area (Å²) in [7, 11) is 0. The van der Waals surface area contributed by atoms with E-state index in [4.69, 9.17) is 5.84 Å². The van der Waals surface area contributed by atoms with Crippen molar-refractivity contribution in [1.82, 2.24) is 4.68 Å². The summed E-state index contributed by atoms with van der Waals surface area (Å²) in [5.74, 6) is 5.21. The molecule has 0 saturated heterocycles. The van der Waals surface area contributed by atoms with Gasteiger partial charge in [-0.1, -0.05) is 6.07 Å². The van der Waals surface area contributed by atoms with E-state index in [1.807, 2.05) is 26.0 Å². The SMILES string of the molecule is CC=Nn1cccc(C)/c1=N/N. The van der Waals surface area contributed by atoms with Gasteiger partial charge in [-0.3, -0.25) is 0 Å². The average molecular weight is 164 g/mol. The molecule has 0 atom stereocenters. The van der Waals surface area contributed by atoms with Gasteiger partial charge in [0.05, 0.1) is 0 Å². The van der Waals surface area contributed by atoms with Crippen molar-refractivity contribution < 1.29 is 0 Å². The Morgan fingerprint density at radius 3 is 2.92 bits per heavy atom. The second-order valence-electron chi connectivity index (χ2n) is 2.36. The molecular formula is C8H12N4. The summed E-state index contributed by atoms with van der Waals surface area (Å²) in [6.07, 6.45) is 3.49. The molecular weight excluding hydrogens is 152 g/mol. The summed E-state index contributed by atoms with van der Waals surface area (Å²) in [5.41, 5.74) is 1.68. The van der Waals surface area contributed by atoms with Gasteiger partial charge in [0.1, 0.15) is 0 Å². The van der Waals surface area contributed by atoms with Crippen molar-refractivity contribution in [3.05, 3.63) is 29.4 Å². The zero-order chi connectivity index (χ0) is 8.97. The first-order chi connectivity index (χ1) is 5.79. The van der Waals surface area contributed by atoms with Gasteiger partial charge in [0.15, 0.2) is 5.49 Å². The van der Waals surface area contributed by atoms with Gasteiger partial charge < -0.3 is 5.84 Å². The lowest BCUT2D eigenvalue weighted by atomic mass is 10.3. The summed E-state index contributed by atoms with van der Waals surface area (Å²) in [6, 6.07) is 3.84. The predicted molar refractivity (Wildman–Crippen MR) is 48.5 cm³/mol. The van der Waals surface area contributed by atoms with E-state index >= 15 is 0 Å². The smallest absolute Gasteiger partial charge is 0.175 e. The fraction of sp³-hybridized carbons (Fsp3) is 0.250. The second kappa shape index (κ2) is 3.71. The zero-order valence-corrected chi connectivity index (χ0v) is 7.23. The maximum absolute atomic E-state index is 5.21. The quantitative estimate of drug-likeness (QED) is 0.365. The van der Waals surface area contributed by atoms with Gasteiger partial charge in [0.2, 0.25) is 0 Å². The third kappa shape index (κ3) is 1.53. The Hall–Kier alpha value is -1.58. The highest BCUT2D eigenvalue weighted by molar-refractivity contribution is 5.52. The third-order valence-electron chi connectivity index (χ3n) is 1.51. The van der Waals surface area contributed by atoms with Crippen molar-refractivity contribution in [2.45, 2.75) is 13.8 Å². The Bertz CT molecular complexity index is 348. The number of nitrogens with two attached hydrogens (primary N) is 1. The minimum Gasteiger partial charge on any atom is -0.321 e. The molecule has 0 spiro atoms. The van der Waals surface area contributed by atoms with Crippen LogP contribution in [0.4, 0.5) is 0 Å². The van der Waals surface area contributed by atoms with E-state index in [-0.39, 0.29) is 0 Å². The number of hydrogen-bond acceptors (Lipinski definition) is 3. The Balaban J connectivity index is 3.39. The van der Waals surface area contributed by atoms with Crippen LogP contribution in [0.25, 0.3) is 0 Å². The van der Waals surface area contributed by atoms with E-state index in [0.29, 0.717) is 5.49 Å². The Morgan fingerprint density at radius 1 is 1.58 bits per heavy atom. The van der Waals surface area contributed by atoms with Gasteiger partial charge in [-0.25, -0.2) is 4.68 Å². The molecule has 1 aromatic rings. The Morgan fingerprint density at radius 2 is 2.33 bits per heavy atom. The molecule has 0 bridgehead atoms. The van der Waals surface area contributed by atoms with Crippen LogP contribution in [0.5, 0.6) is 0 Å². The number of aryl methyl sites for hydroxylation is 1. The topological polar surface area (TPSA) is 55.7 Å². The predicted octanol–water partition coefficient (Wildman–Crippen LogP) is 0.425. The van der Waals surface area contributed by atoms with Crippen LogP contribution in [0.3, 0.4) is 0 Å². The first-order valence-corrected chi connectivity index (χ1v) is 3.70. The molecule has 0 saturated carbocycles. The molecule has 1 rings (SSSR count). The maximum atomic E-state index is 5.21. The lowest BCUT2D eigenvalue weighted by Gasteiger charge is -2.00. The fourth-order valence-electron chi connectivity index (χ4n) is 0.973. The molecule has 4 heteroatoms. The molecule has 0 unspecified atom stereocenters. The van der Waals surface area contributed by atoms with E-state index in [0.717, 1.165) is 5.56 Å². The van der Waals surface area contributed by atoms with Crippen LogP contribution in [0.2, 0.25) is 0 Å². The first kappa shape index (κ1) is 8.52. The molecule has 0 amide bonds. The van der Waals surface area contributed by atoms with Gasteiger partial charge >= 0.3 is 0 Å². The van der Waals surface area contributed by atoms with Crippen molar-refractivity contribution in [3.8, 4) is 0 Å². The van der Waals surface area contributed by atoms with Crippen LogP contribution in [0.1, 0.15) is 12.5 Å². The number of hydrogen-bond donors (Lipinski definition) is 1. The van der Waals surface area contributed by atoms with Crippen molar-refractivity contribution in [2.24, 2.45) is 16.0 Å². The number of aromatic nitrogens is 1. The average Bonchev–Trinajstić information content (AvgIpc) is 2.05. The van der Waals surface area contributed by atoms with E-state index in [1.165, 1.54) is 0 Å². The molecule has 0 fully saturated rings. The zero-order valence-electron chi connectivity index (χ0n) is 7.23. The summed E-state index contributed by atoms with van der Waals surface area (Å²) in [4.78, 5) is 0. The molecule has 0 radical (unpaired) electrons. The molecule has 0 aliphatic carbocycles. The molecule has 4 nitrogen and oxygen atoms in total. The van der Waals surface area contributed by atoms with Crippen LogP contribution in [0.15, 0.2) is 28.5 Å². The van der Waals surface area contributed by atoms with Crippen LogP contribution < -0.4 is 11.3 Å². The van der Waals surface area contributed by atoms with Crippen LogP contribution >= 0.6 is 0 Å². The monoisotopic (exact) mass is 164 g/mol. The lowest BCUT2D eigenvalue weighted by Crippen LogP contribution is -2.21. The van der Waals surface area contributed by atoms with Gasteiger partial charge in [-0.2, -0.15) is 10.2 Å². The van der Waals surface area contributed by atoms with Crippen molar-refractivity contribution in [3.63, 3.8) is 0 Å². The minimum absolute atomic E-state index is 0.676. The van der Waals surface area contributed by atoms with Gasteiger partial charge in [0, 0.05) is 12.4 Å². The lowest BCUT2D eigenvalue weighted by molar-refractivity contribution is 0.781. The number of pyridine rings is 1. The summed E-state index contributed by atoms with van der Waals surface area (Å²) in [5, 5.41) is 7.69. The largest absolute Gasteiger partial charge is 0.321 e. The summed E-state index contributed by atoms with van der Waals surface area (Å²) < 4.78 is 1.63. The Labute approximate surface area is 71.0 Å². The standard InChI is InChI=1S/C8H12N4/c1-3-10-12-6-4-5-7(2)8(12)11-9/h3-6H,9H2,1-2H3/b10-3?,11-8-. The molecule has 1 heterocycles. The van der Waals surface area contributed by atoms with Crippen LogP contribution in [-0.2, 0) is 0 Å². The van der Waals surface area contributed by atoms with Crippen LogP contribution in [-0.4, -0.2) is 10.9 Å². The third-order valence-corrected chi connectivity index (χ3v) is 1.51. The minimum atomic E-state index is 0.676. The highest BCUT2D eigenvalue weighted by Crippen LogP contribution is 1.87. The Kier molecular flexibility index (Phi) is 2.63. The molecule has 0 aliphatic rings. The molecule has 64 valence electrons. The van der Waals surface area contributed by atoms with E-state index in [9.17, 15) is 0 Å². The van der Waals surface area contributed by atoms with Crippen molar-refractivity contribution in [1.29, 1.82) is 0 Å². The molecule has 1 aromatic heterocycles. The molecule has 12 heavy (non-hydrogen) atoms. The highest BCUT2D eigenvalue weighted by atomic mass is 15.4. The van der Waals surface area contributed by atoms with Crippen molar-refractivity contribution in [2.75, 3.05) is 0 Å². The highest BCUT2D eigenvalue weighted by Gasteiger charge is 1.92. The number of rotatable bonds is 1. The van der Waals surface area contributed by atoms with Gasteiger partial charge in [0.25, 0.3) is 0 Å². The van der Waals surface area contributed by atoms with E-state index in [2.05, 4.69) is 10.2 Å². The van der Waals surface area contributed by atoms with Gasteiger partial charge in [-0.15, -0.1) is 0 Å². The fourth-order valence-corrected chi connectivity index (χ4v) is 0.973. The number of nitrogens with zero attached hydrogens (tertiary/aromatic N) is 3. The maximum Gasteiger partial charge on any atom is 0.175 e. The van der Waals surface area contributed by atoms with Gasteiger partial charge in [-0.05, 0) is 25.5 Å². The molecule has 2 N–H and O–H groups in total. The van der Waals surface area contributed by atoms with E-state index in [1.54, 1.807) is 17.1 Å². The summed E-state index contributed by atoms with van der Waals surface area (Å²) in [6.45, 7) is 3.78. The van der Waals surface area contributed by atoms with Crippen molar-refractivity contribution >= 4 is 6.21 Å². The van der Waals surface area contributed by atoms with Crippen LogP contribution in [0, 0.1) is 6.92 Å². The first-order valence-electron chi connectivity index (χ1n) is 3.70. The van der Waals surface area contributed by atoms with E-state index < -0.39 is 0 Å². The second-order valence-corrected chi connectivity index (χ2v) is 2.36.